The second kappa shape index (κ2) is 29.7. The molecule has 0 aromatic rings. The second-order valence-corrected chi connectivity index (χ2v) is 0. The molecular weight excluding hydrogens is 438 g/mol. The summed E-state index contributed by atoms with van der Waals surface area (Å²) in [7, 11) is 0. The summed E-state index contributed by atoms with van der Waals surface area (Å²) >= 11 is 0. The molecular formula is H6Br4Sn. The molecule has 2 radical (unpaired) electrons. The van der Waals surface area contributed by atoms with Gasteiger partial charge in [-0.25, -0.2) is 0 Å². The minimum absolute atomic E-state index is 0. The average molecular weight is 444 g/mol. The van der Waals surface area contributed by atoms with Crippen molar-refractivity contribution in [3.63, 3.8) is 0 Å². The van der Waals surface area contributed by atoms with E-state index in [-0.39, 0.29) is 91.8 Å². The molecule has 5 heavy (non-hydrogen) atoms. The minimum atomic E-state index is 0. The van der Waals surface area contributed by atoms with Crippen molar-refractivity contribution < 1.29 is 0 Å². The van der Waals surface area contributed by atoms with Crippen LogP contribution in [0.5, 0.6) is 0 Å². The summed E-state index contributed by atoms with van der Waals surface area (Å²) in [6.07, 6.45) is 0. The SMILES string of the molecule is Br.Br.Br.Br.[SnH2]. The van der Waals surface area contributed by atoms with E-state index in [0.29, 0.717) is 0 Å². The van der Waals surface area contributed by atoms with Crippen molar-refractivity contribution in [2.75, 3.05) is 0 Å². The van der Waals surface area contributed by atoms with Crippen molar-refractivity contribution in [2.24, 2.45) is 0 Å². The predicted octanol–water partition coefficient (Wildman–Crippen LogP) is 1.40. The van der Waals surface area contributed by atoms with Gasteiger partial charge in [-0.2, -0.15) is 0 Å². The van der Waals surface area contributed by atoms with Crippen LogP contribution in [-0.4, -0.2) is 23.9 Å². The first-order valence-electron chi connectivity index (χ1n) is 0. The van der Waals surface area contributed by atoms with Gasteiger partial charge in [0.15, 0.2) is 0 Å². The molecule has 0 spiro atoms. The number of hydrogen-bond acceptors (Lipinski definition) is 0. The molecule has 38 valence electrons. The van der Waals surface area contributed by atoms with Crippen LogP contribution < -0.4 is 0 Å². The van der Waals surface area contributed by atoms with E-state index in [1.54, 1.807) is 0 Å². The molecule has 0 rings (SSSR count). The molecule has 5 heteroatoms. The van der Waals surface area contributed by atoms with Gasteiger partial charge in [0.1, 0.15) is 0 Å². The molecule has 0 aliphatic rings. The monoisotopic (exact) mass is 442 g/mol. The Labute approximate surface area is 90.5 Å². The Morgan fingerprint density at radius 1 is 0.400 bits per heavy atom. The van der Waals surface area contributed by atoms with Crippen LogP contribution in [-0.2, 0) is 0 Å². The first kappa shape index (κ1) is 47.1. The van der Waals surface area contributed by atoms with Gasteiger partial charge in [-0.05, 0) is 0 Å². The van der Waals surface area contributed by atoms with Crippen LogP contribution in [0.1, 0.15) is 0 Å². The Balaban J connectivity index is 0. The fourth-order valence-corrected chi connectivity index (χ4v) is 0. The van der Waals surface area contributed by atoms with Crippen molar-refractivity contribution in [1.82, 2.24) is 0 Å². The topological polar surface area (TPSA) is 0 Å². The van der Waals surface area contributed by atoms with Crippen molar-refractivity contribution in [3.8, 4) is 0 Å². The zero-order valence-electron chi connectivity index (χ0n) is 2.34. The summed E-state index contributed by atoms with van der Waals surface area (Å²) in [5.41, 5.74) is 0. The van der Waals surface area contributed by atoms with Gasteiger partial charge in [-0.1, -0.05) is 0 Å². The normalized spacial score (nSPS) is 0. The van der Waals surface area contributed by atoms with Crippen LogP contribution in [0, 0.1) is 0 Å². The molecule has 0 amide bonds. The van der Waals surface area contributed by atoms with Crippen LogP contribution in [0.25, 0.3) is 0 Å². The quantitative estimate of drug-likeness (QED) is 0.496. The van der Waals surface area contributed by atoms with Crippen LogP contribution in [0.3, 0.4) is 0 Å². The predicted molar refractivity (Wildman–Crippen MR) is 49.8 cm³/mol. The van der Waals surface area contributed by atoms with E-state index in [9.17, 15) is 0 Å². The molecule has 0 N–H and O–H groups in total. The molecule has 0 aliphatic carbocycles. The second-order valence-electron chi connectivity index (χ2n) is 0. The van der Waals surface area contributed by atoms with Gasteiger partial charge in [0.2, 0.25) is 0 Å². The summed E-state index contributed by atoms with van der Waals surface area (Å²) in [4.78, 5) is 0. The van der Waals surface area contributed by atoms with E-state index in [1.807, 2.05) is 0 Å². The number of hydrogen-bond donors (Lipinski definition) is 0. The molecule has 0 saturated carbocycles. The molecule has 0 nitrogen and oxygen atoms in total. The molecule has 0 fully saturated rings. The molecule has 0 unspecified atom stereocenters. The summed E-state index contributed by atoms with van der Waals surface area (Å²) < 4.78 is 0. The molecule has 0 heterocycles. The Morgan fingerprint density at radius 3 is 0.400 bits per heavy atom. The molecule has 0 saturated heterocycles. The first-order chi connectivity index (χ1) is 0. The summed E-state index contributed by atoms with van der Waals surface area (Å²) in [6, 6.07) is 0. The van der Waals surface area contributed by atoms with Crippen molar-refractivity contribution >= 4 is 91.8 Å². The Morgan fingerprint density at radius 2 is 0.400 bits per heavy atom. The molecule has 0 bridgehead atoms. The van der Waals surface area contributed by atoms with Crippen LogP contribution in [0.2, 0.25) is 0 Å². The third-order valence-electron chi connectivity index (χ3n) is 0. The Bertz CT molecular complexity index is 3.61. The molecule has 0 atom stereocenters. The zero-order chi connectivity index (χ0) is 0. The van der Waals surface area contributed by atoms with Gasteiger partial charge in [0.25, 0.3) is 0 Å². The van der Waals surface area contributed by atoms with Crippen molar-refractivity contribution in [1.29, 1.82) is 0 Å². The van der Waals surface area contributed by atoms with Crippen LogP contribution in [0.15, 0.2) is 0 Å². The molecule has 0 aromatic carbocycles. The van der Waals surface area contributed by atoms with Gasteiger partial charge < -0.3 is 0 Å². The van der Waals surface area contributed by atoms with Gasteiger partial charge >= 0.3 is 23.9 Å². The van der Waals surface area contributed by atoms with Crippen molar-refractivity contribution in [3.05, 3.63) is 0 Å². The molecule has 0 aromatic heterocycles. The van der Waals surface area contributed by atoms with Gasteiger partial charge in [0, 0.05) is 0 Å². The summed E-state index contributed by atoms with van der Waals surface area (Å²) in [5.74, 6) is 0. The van der Waals surface area contributed by atoms with E-state index in [2.05, 4.69) is 0 Å². The van der Waals surface area contributed by atoms with E-state index < -0.39 is 0 Å². The third-order valence-corrected chi connectivity index (χ3v) is 0. The number of halogens is 4. The van der Waals surface area contributed by atoms with E-state index in [4.69, 9.17) is 0 Å². The average Bonchev–Trinajstić information content (AvgIpc) is 0. The van der Waals surface area contributed by atoms with Gasteiger partial charge in [0.05, 0.1) is 0 Å². The van der Waals surface area contributed by atoms with Crippen LogP contribution in [0.4, 0.5) is 0 Å². The number of rotatable bonds is 0. The van der Waals surface area contributed by atoms with Crippen LogP contribution >= 0.6 is 67.9 Å². The maximum absolute atomic E-state index is 0. The summed E-state index contributed by atoms with van der Waals surface area (Å²) in [5, 5.41) is 0. The Kier molecular flexibility index (Phi) is 280. The fourth-order valence-electron chi connectivity index (χ4n) is 0. The maximum atomic E-state index is 0. The Hall–Kier alpha value is 2.72. The van der Waals surface area contributed by atoms with Gasteiger partial charge in [-0.3, -0.25) is 0 Å². The standard InChI is InChI=1S/4BrH.Sn.2H/h4*1H;;;. The summed E-state index contributed by atoms with van der Waals surface area (Å²) in [6.45, 7) is 0. The fraction of sp³-hybridized carbons (Fsp3) is 0. The van der Waals surface area contributed by atoms with Crippen molar-refractivity contribution in [2.45, 2.75) is 0 Å². The molecule has 0 aliphatic heterocycles. The first-order valence-corrected chi connectivity index (χ1v) is 0. The zero-order valence-corrected chi connectivity index (χ0v) is 13.2. The van der Waals surface area contributed by atoms with E-state index in [0.717, 1.165) is 0 Å². The van der Waals surface area contributed by atoms with Gasteiger partial charge in [-0.15, -0.1) is 67.9 Å². The van der Waals surface area contributed by atoms with E-state index >= 15 is 0 Å². The third kappa shape index (κ3) is 20.2. The van der Waals surface area contributed by atoms with E-state index in [1.165, 1.54) is 0 Å².